The van der Waals surface area contributed by atoms with Gasteiger partial charge in [0.1, 0.15) is 5.60 Å². The Bertz CT molecular complexity index is 1140. The summed E-state index contributed by atoms with van der Waals surface area (Å²) in [6.45, 7) is 2.76. The fourth-order valence-electron chi connectivity index (χ4n) is 5.74. The number of carbonyl (C=O) groups is 2. The van der Waals surface area contributed by atoms with Gasteiger partial charge in [0, 0.05) is 37.3 Å². The minimum atomic E-state index is -0.700. The van der Waals surface area contributed by atoms with Crippen molar-refractivity contribution < 1.29 is 19.5 Å². The second-order valence-corrected chi connectivity index (χ2v) is 9.99. The SMILES string of the molecule is CCn1ncc2c(NC3CCC(C(=O)O)CC3)c(C3=CC4(CCC(C(=O)NC)CC4)ON3)cnc21. The summed E-state index contributed by atoms with van der Waals surface area (Å²) in [4.78, 5) is 34.3. The van der Waals surface area contributed by atoms with E-state index in [0.29, 0.717) is 12.8 Å². The molecule has 0 radical (unpaired) electrons. The number of aliphatic carboxylic acids is 1. The predicted octanol–water partition coefficient (Wildman–Crippen LogP) is 3.06. The third-order valence-electron chi connectivity index (χ3n) is 7.90. The number of carboxylic acids is 1. The summed E-state index contributed by atoms with van der Waals surface area (Å²) in [5.74, 6) is -0.830. The van der Waals surface area contributed by atoms with Crippen molar-refractivity contribution in [2.45, 2.75) is 76.5 Å². The van der Waals surface area contributed by atoms with Gasteiger partial charge in [0.2, 0.25) is 5.91 Å². The molecule has 2 aliphatic carbocycles. The summed E-state index contributed by atoms with van der Waals surface area (Å²) >= 11 is 0. The summed E-state index contributed by atoms with van der Waals surface area (Å²) in [5.41, 5.74) is 6.27. The maximum atomic E-state index is 12.1. The van der Waals surface area contributed by atoms with Crippen LogP contribution in [-0.4, -0.2) is 50.4 Å². The average molecular weight is 483 g/mol. The summed E-state index contributed by atoms with van der Waals surface area (Å²) < 4.78 is 1.88. The number of amides is 1. The fraction of sp³-hybridized carbons (Fsp3) is 0.600. The number of anilines is 1. The normalized spacial score (nSPS) is 28.5. The molecule has 2 aromatic heterocycles. The Morgan fingerprint density at radius 1 is 1.17 bits per heavy atom. The Morgan fingerprint density at radius 2 is 1.91 bits per heavy atom. The standard InChI is InChI=1S/C25H34N6O4/c1-3-31-22-19(14-28-31)21(29-17-6-4-16(5-7-17)24(33)34)18(13-27-22)20-12-25(35-30-20)10-8-15(9-11-25)23(32)26-2/h12-17,30H,3-11H2,1-2H3,(H,26,32)(H,27,29)(H,33,34). The molecule has 1 spiro atoms. The van der Waals surface area contributed by atoms with Gasteiger partial charge >= 0.3 is 5.97 Å². The second kappa shape index (κ2) is 9.49. The van der Waals surface area contributed by atoms with Crippen LogP contribution < -0.4 is 16.1 Å². The topological polar surface area (TPSA) is 130 Å². The Hall–Kier alpha value is -3.14. The molecule has 10 nitrogen and oxygen atoms in total. The first-order chi connectivity index (χ1) is 16.9. The van der Waals surface area contributed by atoms with E-state index in [1.165, 1.54) is 0 Å². The smallest absolute Gasteiger partial charge is 0.306 e. The van der Waals surface area contributed by atoms with Gasteiger partial charge in [-0.15, -0.1) is 0 Å². The van der Waals surface area contributed by atoms with Crippen LogP contribution in [0.3, 0.4) is 0 Å². The Morgan fingerprint density at radius 3 is 2.57 bits per heavy atom. The number of fused-ring (bicyclic) bond motifs is 1. The number of carbonyl (C=O) groups excluding carboxylic acids is 1. The van der Waals surface area contributed by atoms with E-state index in [-0.39, 0.29) is 23.8 Å². The van der Waals surface area contributed by atoms with E-state index in [1.807, 2.05) is 24.0 Å². The van der Waals surface area contributed by atoms with Gasteiger partial charge in [0.15, 0.2) is 5.65 Å². The summed E-state index contributed by atoms with van der Waals surface area (Å²) in [6, 6.07) is 0.180. The molecule has 3 heterocycles. The number of hydrogen-bond acceptors (Lipinski definition) is 7. The summed E-state index contributed by atoms with van der Waals surface area (Å²) in [7, 11) is 1.69. The van der Waals surface area contributed by atoms with Crippen molar-refractivity contribution in [3.05, 3.63) is 24.0 Å². The molecule has 188 valence electrons. The predicted molar refractivity (Wildman–Crippen MR) is 131 cm³/mol. The number of hydrogen-bond donors (Lipinski definition) is 4. The van der Waals surface area contributed by atoms with Crippen molar-refractivity contribution in [3.63, 3.8) is 0 Å². The molecule has 0 atom stereocenters. The maximum absolute atomic E-state index is 12.1. The third-order valence-corrected chi connectivity index (χ3v) is 7.90. The van der Waals surface area contributed by atoms with Crippen LogP contribution in [0.2, 0.25) is 0 Å². The number of nitrogens with zero attached hydrogens (tertiary/aromatic N) is 3. The minimum absolute atomic E-state index is 0.0303. The quantitative estimate of drug-likeness (QED) is 0.494. The van der Waals surface area contributed by atoms with Crippen molar-refractivity contribution in [2.75, 3.05) is 12.4 Å². The first-order valence-corrected chi connectivity index (χ1v) is 12.7. The molecule has 0 unspecified atom stereocenters. The molecule has 35 heavy (non-hydrogen) atoms. The zero-order valence-corrected chi connectivity index (χ0v) is 20.3. The van der Waals surface area contributed by atoms with E-state index in [1.54, 1.807) is 7.05 Å². The van der Waals surface area contributed by atoms with Gasteiger partial charge in [-0.1, -0.05) is 0 Å². The van der Waals surface area contributed by atoms with Crippen LogP contribution in [-0.2, 0) is 21.0 Å². The lowest BCUT2D eigenvalue weighted by atomic mass is 9.78. The van der Waals surface area contributed by atoms with Crippen LogP contribution >= 0.6 is 0 Å². The number of carboxylic acid groups (broad SMARTS) is 1. The van der Waals surface area contributed by atoms with E-state index in [9.17, 15) is 14.7 Å². The Labute approximate surface area is 204 Å². The van der Waals surface area contributed by atoms with Crippen LogP contribution in [0.25, 0.3) is 16.7 Å². The van der Waals surface area contributed by atoms with Gasteiger partial charge < -0.3 is 15.7 Å². The molecule has 2 fully saturated rings. The van der Waals surface area contributed by atoms with Crippen molar-refractivity contribution >= 4 is 34.3 Å². The van der Waals surface area contributed by atoms with E-state index in [2.05, 4.69) is 27.3 Å². The highest BCUT2D eigenvalue weighted by atomic mass is 16.7. The lowest BCUT2D eigenvalue weighted by molar-refractivity contribution is -0.142. The fourth-order valence-corrected chi connectivity index (χ4v) is 5.74. The summed E-state index contributed by atoms with van der Waals surface area (Å²) in [5, 5.41) is 21.3. The largest absolute Gasteiger partial charge is 0.481 e. The van der Waals surface area contributed by atoms with E-state index < -0.39 is 11.6 Å². The molecular weight excluding hydrogens is 448 g/mol. The van der Waals surface area contributed by atoms with E-state index >= 15 is 0 Å². The summed E-state index contributed by atoms with van der Waals surface area (Å²) in [6.07, 6.45) is 11.9. The van der Waals surface area contributed by atoms with Crippen molar-refractivity contribution in [1.82, 2.24) is 25.6 Å². The molecule has 10 heteroatoms. The molecule has 3 aliphatic rings. The van der Waals surface area contributed by atoms with Crippen LogP contribution in [0.15, 0.2) is 18.5 Å². The molecule has 1 amide bonds. The molecule has 1 aliphatic heterocycles. The molecule has 2 saturated carbocycles. The van der Waals surface area contributed by atoms with E-state index in [4.69, 9.17) is 9.82 Å². The zero-order valence-electron chi connectivity index (χ0n) is 20.3. The minimum Gasteiger partial charge on any atom is -0.481 e. The monoisotopic (exact) mass is 482 g/mol. The molecule has 0 aromatic carbocycles. The number of rotatable bonds is 6. The Balaban J connectivity index is 1.43. The first-order valence-electron chi connectivity index (χ1n) is 12.7. The van der Waals surface area contributed by atoms with Crippen LogP contribution in [0.5, 0.6) is 0 Å². The second-order valence-electron chi connectivity index (χ2n) is 9.99. The number of aromatic nitrogens is 3. The number of nitrogens with one attached hydrogen (secondary N) is 3. The third kappa shape index (κ3) is 4.47. The van der Waals surface area contributed by atoms with Crippen molar-refractivity contribution in [1.29, 1.82) is 0 Å². The average Bonchev–Trinajstić information content (AvgIpc) is 3.49. The highest BCUT2D eigenvalue weighted by Crippen LogP contribution is 2.42. The molecule has 4 N–H and O–H groups in total. The van der Waals surface area contributed by atoms with Crippen LogP contribution in [0.1, 0.15) is 63.9 Å². The molecule has 2 aromatic rings. The van der Waals surface area contributed by atoms with Gasteiger partial charge in [0.25, 0.3) is 0 Å². The molecular formula is C25H34N6O4. The van der Waals surface area contributed by atoms with Gasteiger partial charge in [-0.2, -0.15) is 5.10 Å². The van der Waals surface area contributed by atoms with E-state index in [0.717, 1.165) is 73.1 Å². The lowest BCUT2D eigenvalue weighted by Crippen LogP contribution is -2.39. The zero-order chi connectivity index (χ0) is 24.6. The van der Waals surface area contributed by atoms with Crippen LogP contribution in [0, 0.1) is 11.8 Å². The molecule has 0 saturated heterocycles. The molecule has 0 bridgehead atoms. The maximum Gasteiger partial charge on any atom is 0.306 e. The first kappa shape index (κ1) is 23.6. The van der Waals surface area contributed by atoms with Crippen molar-refractivity contribution in [3.8, 4) is 0 Å². The lowest BCUT2D eigenvalue weighted by Gasteiger charge is -2.33. The van der Waals surface area contributed by atoms with Crippen molar-refractivity contribution in [2.24, 2.45) is 11.8 Å². The van der Waals surface area contributed by atoms with Gasteiger partial charge in [-0.05, 0) is 64.4 Å². The number of hydroxylamine groups is 1. The highest BCUT2D eigenvalue weighted by Gasteiger charge is 2.41. The highest BCUT2D eigenvalue weighted by molar-refractivity contribution is 5.96. The number of pyridine rings is 1. The van der Waals surface area contributed by atoms with Gasteiger partial charge in [0.05, 0.1) is 28.9 Å². The van der Waals surface area contributed by atoms with Gasteiger partial charge in [-0.3, -0.25) is 19.9 Å². The number of aryl methyl sites for hydroxylation is 1. The Kier molecular flexibility index (Phi) is 6.39. The van der Waals surface area contributed by atoms with Gasteiger partial charge in [-0.25, -0.2) is 9.67 Å². The molecule has 5 rings (SSSR count). The van der Waals surface area contributed by atoms with Crippen LogP contribution in [0.4, 0.5) is 5.69 Å².